The molecular weight excluding hydrogens is 420 g/mol. The van der Waals surface area contributed by atoms with Crippen LogP contribution in [0.4, 0.5) is 0 Å². The lowest BCUT2D eigenvalue weighted by Crippen LogP contribution is -2.50. The molecule has 0 radical (unpaired) electrons. The molecule has 0 aliphatic heterocycles. The van der Waals surface area contributed by atoms with Crippen LogP contribution in [0, 0.1) is 0 Å². The highest BCUT2D eigenvalue weighted by Gasteiger charge is 2.28. The molecule has 1 saturated carbocycles. The fourth-order valence-electron chi connectivity index (χ4n) is 3.99. The van der Waals surface area contributed by atoms with E-state index in [0.29, 0.717) is 12.3 Å². The van der Waals surface area contributed by atoms with Gasteiger partial charge >= 0.3 is 0 Å². The highest BCUT2D eigenvalue weighted by atomic mass is 32.2. The molecule has 1 fully saturated rings. The van der Waals surface area contributed by atoms with E-state index in [4.69, 9.17) is 4.74 Å². The maximum Gasteiger partial charge on any atom is 0.242 e. The Morgan fingerprint density at radius 3 is 2.38 bits per heavy atom. The van der Waals surface area contributed by atoms with Crippen molar-refractivity contribution in [3.63, 3.8) is 0 Å². The molecule has 0 bridgehead atoms. The largest absolute Gasteiger partial charge is 0.497 e. The third-order valence-corrected chi connectivity index (χ3v) is 6.96. The Bertz CT molecular complexity index is 851. The summed E-state index contributed by atoms with van der Waals surface area (Å²) in [6, 6.07) is 17.5. The summed E-state index contributed by atoms with van der Waals surface area (Å²) in [4.78, 5) is 27.9. The molecule has 3 rings (SSSR count). The molecule has 2 aromatic rings. The maximum atomic E-state index is 13.2. The number of ether oxygens (including phenoxy) is 1. The first-order valence-electron chi connectivity index (χ1n) is 11.4. The minimum atomic E-state index is -0.524. The summed E-state index contributed by atoms with van der Waals surface area (Å²) >= 11 is 1.58. The number of hydrogen-bond donors (Lipinski definition) is 1. The second-order valence-corrected chi connectivity index (χ2v) is 9.35. The Kier molecular flexibility index (Phi) is 9.47. The molecule has 1 N–H and O–H groups in total. The van der Waals surface area contributed by atoms with Crippen molar-refractivity contribution in [3.8, 4) is 5.75 Å². The molecule has 0 spiro atoms. The van der Waals surface area contributed by atoms with Crippen LogP contribution in [0.25, 0.3) is 0 Å². The first kappa shape index (κ1) is 24.2. The van der Waals surface area contributed by atoms with E-state index in [1.165, 1.54) is 12.0 Å². The number of carbonyl (C=O) groups excluding carboxylic acids is 2. The number of nitrogens with one attached hydrogen (secondary N) is 1. The van der Waals surface area contributed by atoms with E-state index in [-0.39, 0.29) is 17.9 Å². The van der Waals surface area contributed by atoms with Gasteiger partial charge in [0.15, 0.2) is 0 Å². The SMILES string of the molecule is COc1ccc(CN(C(=O)CSCc2ccccc2)[C@H](C)C(=O)NC2CCCCC2)cc1. The fourth-order valence-corrected chi connectivity index (χ4v) is 4.86. The van der Waals surface area contributed by atoms with Crippen molar-refractivity contribution in [2.75, 3.05) is 12.9 Å². The van der Waals surface area contributed by atoms with Crippen molar-refractivity contribution >= 4 is 23.6 Å². The zero-order chi connectivity index (χ0) is 22.8. The zero-order valence-corrected chi connectivity index (χ0v) is 19.9. The summed E-state index contributed by atoms with van der Waals surface area (Å²) in [7, 11) is 1.63. The van der Waals surface area contributed by atoms with Crippen LogP contribution in [0.15, 0.2) is 54.6 Å². The van der Waals surface area contributed by atoms with Crippen molar-refractivity contribution in [1.82, 2.24) is 10.2 Å². The molecule has 0 heterocycles. The molecule has 172 valence electrons. The van der Waals surface area contributed by atoms with Gasteiger partial charge < -0.3 is 15.0 Å². The fraction of sp³-hybridized carbons (Fsp3) is 0.462. The standard InChI is InChI=1S/C26H34N2O3S/c1-20(26(30)27-23-11-7-4-8-12-23)28(17-21-13-15-24(31-2)16-14-21)25(29)19-32-18-22-9-5-3-6-10-22/h3,5-6,9-10,13-16,20,23H,4,7-8,11-12,17-19H2,1-2H3,(H,27,30)/t20-/m1/s1. The highest BCUT2D eigenvalue weighted by Crippen LogP contribution is 2.20. The molecule has 1 atom stereocenters. The second kappa shape index (κ2) is 12.5. The van der Waals surface area contributed by atoms with Gasteiger partial charge in [-0.25, -0.2) is 0 Å². The predicted molar refractivity (Wildman–Crippen MR) is 131 cm³/mol. The molecular formula is C26H34N2O3S. The average molecular weight is 455 g/mol. The number of benzene rings is 2. The van der Waals surface area contributed by atoms with Crippen LogP contribution in [0.3, 0.4) is 0 Å². The number of rotatable bonds is 10. The van der Waals surface area contributed by atoms with Crippen LogP contribution in [0.2, 0.25) is 0 Å². The molecule has 0 unspecified atom stereocenters. The summed E-state index contributed by atoms with van der Waals surface area (Å²) in [5.74, 6) is 1.80. The van der Waals surface area contributed by atoms with E-state index in [1.807, 2.05) is 49.4 Å². The van der Waals surface area contributed by atoms with Crippen LogP contribution in [-0.4, -0.2) is 41.7 Å². The van der Waals surface area contributed by atoms with E-state index in [2.05, 4.69) is 17.4 Å². The molecule has 2 amide bonds. The number of carbonyl (C=O) groups is 2. The van der Waals surface area contributed by atoms with Crippen molar-refractivity contribution < 1.29 is 14.3 Å². The van der Waals surface area contributed by atoms with Crippen LogP contribution >= 0.6 is 11.8 Å². The molecule has 0 saturated heterocycles. The van der Waals surface area contributed by atoms with Gasteiger partial charge in [-0.3, -0.25) is 9.59 Å². The minimum Gasteiger partial charge on any atom is -0.497 e. The Morgan fingerprint density at radius 2 is 1.72 bits per heavy atom. The lowest BCUT2D eigenvalue weighted by atomic mass is 9.95. The van der Waals surface area contributed by atoms with Gasteiger partial charge in [0.2, 0.25) is 11.8 Å². The Balaban J connectivity index is 1.65. The lowest BCUT2D eigenvalue weighted by Gasteiger charge is -2.31. The third kappa shape index (κ3) is 7.30. The molecule has 6 heteroatoms. The van der Waals surface area contributed by atoms with Gasteiger partial charge in [-0.05, 0) is 43.0 Å². The van der Waals surface area contributed by atoms with E-state index in [9.17, 15) is 9.59 Å². The van der Waals surface area contributed by atoms with Crippen LogP contribution < -0.4 is 10.1 Å². The number of amides is 2. The van der Waals surface area contributed by atoms with Gasteiger partial charge in [-0.1, -0.05) is 61.7 Å². The first-order valence-corrected chi connectivity index (χ1v) is 12.6. The van der Waals surface area contributed by atoms with Crippen LogP contribution in [0.5, 0.6) is 5.75 Å². The molecule has 1 aliphatic carbocycles. The van der Waals surface area contributed by atoms with Gasteiger partial charge in [-0.15, -0.1) is 11.8 Å². The molecule has 0 aromatic heterocycles. The quantitative estimate of drug-likeness (QED) is 0.561. The Hall–Kier alpha value is -2.47. The van der Waals surface area contributed by atoms with Crippen molar-refractivity contribution in [1.29, 1.82) is 0 Å². The average Bonchev–Trinajstić information content (AvgIpc) is 2.83. The number of hydrogen-bond acceptors (Lipinski definition) is 4. The second-order valence-electron chi connectivity index (χ2n) is 8.37. The summed E-state index contributed by atoms with van der Waals surface area (Å²) in [6.07, 6.45) is 5.60. The van der Waals surface area contributed by atoms with Gasteiger partial charge in [-0.2, -0.15) is 0 Å². The predicted octanol–water partition coefficient (Wildman–Crippen LogP) is 4.79. The Labute approximate surface area is 195 Å². The topological polar surface area (TPSA) is 58.6 Å². The van der Waals surface area contributed by atoms with E-state index < -0.39 is 6.04 Å². The molecule has 1 aliphatic rings. The summed E-state index contributed by atoms with van der Waals surface area (Å²) in [5, 5.41) is 3.18. The first-order chi connectivity index (χ1) is 15.6. The monoisotopic (exact) mass is 454 g/mol. The molecule has 5 nitrogen and oxygen atoms in total. The lowest BCUT2D eigenvalue weighted by molar-refractivity contribution is -0.139. The van der Waals surface area contributed by atoms with Crippen molar-refractivity contribution in [2.24, 2.45) is 0 Å². The summed E-state index contributed by atoms with van der Waals surface area (Å²) in [6.45, 7) is 2.23. The third-order valence-electron chi connectivity index (χ3n) is 5.97. The van der Waals surface area contributed by atoms with Gasteiger partial charge in [0.25, 0.3) is 0 Å². The number of thioether (sulfide) groups is 1. The van der Waals surface area contributed by atoms with Gasteiger partial charge in [0, 0.05) is 18.3 Å². The highest BCUT2D eigenvalue weighted by molar-refractivity contribution is 7.99. The van der Waals surface area contributed by atoms with Gasteiger partial charge in [0.05, 0.1) is 12.9 Å². The molecule has 2 aromatic carbocycles. The molecule has 32 heavy (non-hydrogen) atoms. The normalized spacial score (nSPS) is 15.1. The Morgan fingerprint density at radius 1 is 1.03 bits per heavy atom. The van der Waals surface area contributed by atoms with E-state index >= 15 is 0 Å². The number of methoxy groups -OCH3 is 1. The van der Waals surface area contributed by atoms with Crippen molar-refractivity contribution in [2.45, 2.75) is 63.4 Å². The smallest absolute Gasteiger partial charge is 0.242 e. The number of nitrogens with zero attached hydrogens (tertiary/aromatic N) is 1. The van der Waals surface area contributed by atoms with Crippen molar-refractivity contribution in [3.05, 3.63) is 65.7 Å². The van der Waals surface area contributed by atoms with E-state index in [0.717, 1.165) is 42.7 Å². The summed E-state index contributed by atoms with van der Waals surface area (Å²) in [5.41, 5.74) is 2.17. The van der Waals surface area contributed by atoms with Crippen LogP contribution in [-0.2, 0) is 21.9 Å². The minimum absolute atomic E-state index is 0.0203. The van der Waals surface area contributed by atoms with Gasteiger partial charge in [0.1, 0.15) is 11.8 Å². The summed E-state index contributed by atoms with van der Waals surface area (Å²) < 4.78 is 5.24. The van der Waals surface area contributed by atoms with E-state index in [1.54, 1.807) is 23.8 Å². The van der Waals surface area contributed by atoms with Crippen LogP contribution in [0.1, 0.15) is 50.2 Å². The zero-order valence-electron chi connectivity index (χ0n) is 19.1. The maximum absolute atomic E-state index is 13.2.